The van der Waals surface area contributed by atoms with E-state index in [0.29, 0.717) is 0 Å². The van der Waals surface area contributed by atoms with Crippen molar-refractivity contribution in [1.82, 2.24) is 4.90 Å². The van der Waals surface area contributed by atoms with Crippen LogP contribution in [0, 0.1) is 0 Å². The Hall–Kier alpha value is -1.20. The number of hydrogen-bond acceptors (Lipinski definition) is 4. The summed E-state index contributed by atoms with van der Waals surface area (Å²) in [5, 5.41) is 3.18. The number of carbonyl (C=O) groups excluding carboxylic acids is 1. The summed E-state index contributed by atoms with van der Waals surface area (Å²) in [6.07, 6.45) is 2.17. The van der Waals surface area contributed by atoms with Gasteiger partial charge in [0.15, 0.2) is 0 Å². The van der Waals surface area contributed by atoms with E-state index in [1.807, 2.05) is 12.1 Å². The fourth-order valence-electron chi connectivity index (χ4n) is 2.83. The maximum Gasteiger partial charge on any atom is 0.237 e. The van der Waals surface area contributed by atoms with Crippen LogP contribution in [0.15, 0.2) is 24.3 Å². The van der Waals surface area contributed by atoms with Crippen LogP contribution in [0.2, 0.25) is 0 Å². The lowest BCUT2D eigenvalue weighted by atomic mass is 10.2. The van der Waals surface area contributed by atoms with Crippen molar-refractivity contribution >= 4 is 29.0 Å². The summed E-state index contributed by atoms with van der Waals surface area (Å²) < 4.78 is 0. The van der Waals surface area contributed by atoms with Gasteiger partial charge in [-0.2, -0.15) is 0 Å². The largest absolute Gasteiger partial charge is 0.369 e. The molecule has 2 fully saturated rings. The van der Waals surface area contributed by atoms with Gasteiger partial charge in [0.25, 0.3) is 0 Å². The van der Waals surface area contributed by atoms with E-state index in [9.17, 15) is 4.79 Å². The van der Waals surface area contributed by atoms with E-state index in [2.05, 4.69) is 34.3 Å². The van der Waals surface area contributed by atoms with Crippen molar-refractivity contribution < 1.29 is 4.79 Å². The SMILES string of the molecule is CN1CCN(c2ccc(NC(=O)C3CCCS3)cc2)CC1. The number of thioether (sulfide) groups is 1. The second-order valence-corrected chi connectivity index (χ2v) is 7.14. The molecule has 2 heterocycles. The summed E-state index contributed by atoms with van der Waals surface area (Å²) >= 11 is 1.77. The number of carbonyl (C=O) groups is 1. The predicted octanol–water partition coefficient (Wildman–Crippen LogP) is 2.27. The molecule has 0 spiro atoms. The number of amides is 1. The van der Waals surface area contributed by atoms with Crippen LogP contribution in [0.25, 0.3) is 0 Å². The molecule has 0 bridgehead atoms. The van der Waals surface area contributed by atoms with Crippen molar-refractivity contribution in [3.05, 3.63) is 24.3 Å². The van der Waals surface area contributed by atoms with E-state index in [4.69, 9.17) is 0 Å². The Balaban J connectivity index is 1.57. The average molecular weight is 305 g/mol. The Morgan fingerprint density at radius 2 is 1.90 bits per heavy atom. The first-order valence-electron chi connectivity index (χ1n) is 7.68. The number of benzene rings is 1. The van der Waals surface area contributed by atoms with Gasteiger partial charge in [-0.25, -0.2) is 0 Å². The van der Waals surface area contributed by atoms with Crippen LogP contribution < -0.4 is 10.2 Å². The average Bonchev–Trinajstić information content (AvgIpc) is 3.03. The van der Waals surface area contributed by atoms with E-state index in [0.717, 1.165) is 50.5 Å². The molecule has 1 unspecified atom stereocenters. The highest BCUT2D eigenvalue weighted by atomic mass is 32.2. The Morgan fingerprint density at radius 3 is 2.52 bits per heavy atom. The van der Waals surface area contributed by atoms with Crippen molar-refractivity contribution in [2.75, 3.05) is 49.2 Å². The third-order valence-corrected chi connectivity index (χ3v) is 5.60. The molecule has 21 heavy (non-hydrogen) atoms. The standard InChI is InChI=1S/C16H23N3OS/c1-18-8-10-19(11-9-18)14-6-4-13(5-7-14)17-16(20)15-3-2-12-21-15/h4-7,15H,2-3,8-12H2,1H3,(H,17,20). The molecule has 1 aromatic rings. The maximum absolute atomic E-state index is 12.1. The zero-order valence-electron chi connectivity index (χ0n) is 12.5. The Morgan fingerprint density at radius 1 is 1.19 bits per heavy atom. The minimum absolute atomic E-state index is 0.141. The third kappa shape index (κ3) is 3.71. The normalized spacial score (nSPS) is 23.3. The molecule has 1 atom stereocenters. The lowest BCUT2D eigenvalue weighted by molar-refractivity contribution is -0.115. The zero-order chi connectivity index (χ0) is 14.7. The minimum Gasteiger partial charge on any atom is -0.369 e. The molecular formula is C16H23N3OS. The molecule has 0 aromatic heterocycles. The van der Waals surface area contributed by atoms with Crippen molar-refractivity contribution in [3.8, 4) is 0 Å². The molecule has 4 nitrogen and oxygen atoms in total. The van der Waals surface area contributed by atoms with Crippen LogP contribution in [-0.2, 0) is 4.79 Å². The predicted molar refractivity (Wildman–Crippen MR) is 90.3 cm³/mol. The van der Waals surface area contributed by atoms with Gasteiger partial charge in [0.2, 0.25) is 5.91 Å². The topological polar surface area (TPSA) is 35.6 Å². The minimum atomic E-state index is 0.141. The van der Waals surface area contributed by atoms with Crippen molar-refractivity contribution in [3.63, 3.8) is 0 Å². The van der Waals surface area contributed by atoms with Crippen LogP contribution >= 0.6 is 11.8 Å². The van der Waals surface area contributed by atoms with Crippen molar-refractivity contribution in [2.45, 2.75) is 18.1 Å². The quantitative estimate of drug-likeness (QED) is 0.929. The second kappa shape index (κ2) is 6.71. The first-order chi connectivity index (χ1) is 10.2. The van der Waals surface area contributed by atoms with Gasteiger partial charge in [0.1, 0.15) is 0 Å². The number of anilines is 2. The Kier molecular flexibility index (Phi) is 4.70. The summed E-state index contributed by atoms with van der Waals surface area (Å²) in [6.45, 7) is 4.36. The molecule has 1 N–H and O–H groups in total. The number of nitrogens with zero attached hydrogens (tertiary/aromatic N) is 2. The summed E-state index contributed by atoms with van der Waals surface area (Å²) in [4.78, 5) is 16.8. The highest BCUT2D eigenvalue weighted by molar-refractivity contribution is 8.00. The van der Waals surface area contributed by atoms with Crippen LogP contribution in [-0.4, -0.2) is 55.0 Å². The number of nitrogens with one attached hydrogen (secondary N) is 1. The molecule has 0 saturated carbocycles. The van der Waals surface area contributed by atoms with Crippen LogP contribution in [0.5, 0.6) is 0 Å². The van der Waals surface area contributed by atoms with Gasteiger partial charge in [-0.3, -0.25) is 4.79 Å². The van der Waals surface area contributed by atoms with Gasteiger partial charge < -0.3 is 15.1 Å². The fourth-order valence-corrected chi connectivity index (χ4v) is 3.99. The zero-order valence-corrected chi connectivity index (χ0v) is 13.4. The Bertz CT molecular complexity index is 477. The van der Waals surface area contributed by atoms with Gasteiger partial charge in [-0.1, -0.05) is 0 Å². The molecule has 114 valence electrons. The van der Waals surface area contributed by atoms with E-state index >= 15 is 0 Å². The molecular weight excluding hydrogens is 282 g/mol. The monoisotopic (exact) mass is 305 g/mol. The summed E-state index contributed by atoms with van der Waals surface area (Å²) in [5.41, 5.74) is 2.15. The van der Waals surface area contributed by atoms with E-state index in [-0.39, 0.29) is 11.2 Å². The van der Waals surface area contributed by atoms with Gasteiger partial charge in [0.05, 0.1) is 5.25 Å². The smallest absolute Gasteiger partial charge is 0.237 e. The lowest BCUT2D eigenvalue weighted by Crippen LogP contribution is -2.44. The van der Waals surface area contributed by atoms with Crippen molar-refractivity contribution in [1.29, 1.82) is 0 Å². The molecule has 2 aliphatic heterocycles. The van der Waals surface area contributed by atoms with Crippen LogP contribution in [0.1, 0.15) is 12.8 Å². The van der Waals surface area contributed by atoms with Gasteiger partial charge in [-0.05, 0) is 49.9 Å². The molecule has 0 aliphatic carbocycles. The van der Waals surface area contributed by atoms with Gasteiger partial charge >= 0.3 is 0 Å². The Labute approximate surface area is 130 Å². The molecule has 0 radical (unpaired) electrons. The fraction of sp³-hybridized carbons (Fsp3) is 0.562. The first-order valence-corrected chi connectivity index (χ1v) is 8.73. The van der Waals surface area contributed by atoms with E-state index in [1.54, 1.807) is 11.8 Å². The molecule has 3 rings (SSSR count). The summed E-state index contributed by atoms with van der Waals surface area (Å²) in [7, 11) is 2.16. The van der Waals surface area contributed by atoms with Crippen molar-refractivity contribution in [2.24, 2.45) is 0 Å². The lowest BCUT2D eigenvalue weighted by Gasteiger charge is -2.34. The molecule has 1 amide bonds. The molecule has 2 aliphatic rings. The summed E-state index contributed by atoms with van der Waals surface area (Å²) in [5.74, 6) is 1.27. The highest BCUT2D eigenvalue weighted by Crippen LogP contribution is 2.27. The second-order valence-electron chi connectivity index (χ2n) is 5.83. The van der Waals surface area contributed by atoms with E-state index < -0.39 is 0 Å². The number of likely N-dealkylation sites (N-methyl/N-ethyl adjacent to an activating group) is 1. The van der Waals surface area contributed by atoms with Crippen LogP contribution in [0.3, 0.4) is 0 Å². The number of rotatable bonds is 3. The maximum atomic E-state index is 12.1. The number of piperazine rings is 1. The first kappa shape index (κ1) is 14.7. The summed E-state index contributed by atoms with van der Waals surface area (Å²) in [6, 6.07) is 8.27. The van der Waals surface area contributed by atoms with Gasteiger partial charge in [-0.15, -0.1) is 11.8 Å². The third-order valence-electron chi connectivity index (χ3n) is 4.23. The highest BCUT2D eigenvalue weighted by Gasteiger charge is 2.23. The van der Waals surface area contributed by atoms with Crippen LogP contribution in [0.4, 0.5) is 11.4 Å². The molecule has 5 heteroatoms. The van der Waals surface area contributed by atoms with Gasteiger partial charge in [0, 0.05) is 37.6 Å². The molecule has 1 aromatic carbocycles. The number of hydrogen-bond donors (Lipinski definition) is 1. The molecule has 2 saturated heterocycles. The van der Waals surface area contributed by atoms with E-state index in [1.165, 1.54) is 5.69 Å².